The van der Waals surface area contributed by atoms with Gasteiger partial charge in [0.1, 0.15) is 0 Å². The third-order valence-corrected chi connectivity index (χ3v) is 8.50. The van der Waals surface area contributed by atoms with Gasteiger partial charge in [-0.1, -0.05) is 78.3 Å². The summed E-state index contributed by atoms with van der Waals surface area (Å²) in [7, 11) is -3.45. The zero-order chi connectivity index (χ0) is 24.1. The Kier molecular flexibility index (Phi) is 7.71. The highest BCUT2D eigenvalue weighted by molar-refractivity contribution is 7.88. The standard InChI is InChI=1S/C27H29ClN2O3S/c1-20-7-5-6-10-25(20)26(22-8-3-2-4-9-22)29-27(31)23-15-17-30(18-16-23)34(32,33)19-21-11-13-24(28)14-12-21/h2-14,23,26H,15-19H2,1H3,(H,29,31)/t26-/m0/s1. The van der Waals surface area contributed by atoms with E-state index in [2.05, 4.69) is 5.32 Å². The Morgan fingerprint density at radius 3 is 2.24 bits per heavy atom. The smallest absolute Gasteiger partial charge is 0.223 e. The van der Waals surface area contributed by atoms with Crippen LogP contribution in [-0.2, 0) is 20.6 Å². The highest BCUT2D eigenvalue weighted by Gasteiger charge is 2.32. The Morgan fingerprint density at radius 1 is 0.971 bits per heavy atom. The van der Waals surface area contributed by atoms with Crippen LogP contribution >= 0.6 is 11.6 Å². The number of halogens is 1. The van der Waals surface area contributed by atoms with Gasteiger partial charge < -0.3 is 5.32 Å². The molecule has 5 nitrogen and oxygen atoms in total. The second kappa shape index (κ2) is 10.7. The number of hydrogen-bond donors (Lipinski definition) is 1. The lowest BCUT2D eigenvalue weighted by molar-refractivity contribution is -0.126. The van der Waals surface area contributed by atoms with Crippen molar-refractivity contribution >= 4 is 27.5 Å². The molecule has 0 radical (unpaired) electrons. The molecule has 178 valence electrons. The largest absolute Gasteiger partial charge is 0.345 e. The van der Waals surface area contributed by atoms with Crippen molar-refractivity contribution in [2.24, 2.45) is 5.92 Å². The summed E-state index contributed by atoms with van der Waals surface area (Å²) in [5.41, 5.74) is 3.89. The van der Waals surface area contributed by atoms with Crippen LogP contribution in [0, 0.1) is 12.8 Å². The molecule has 4 rings (SSSR count). The first-order valence-electron chi connectivity index (χ1n) is 11.5. The first-order valence-corrected chi connectivity index (χ1v) is 13.5. The van der Waals surface area contributed by atoms with Crippen molar-refractivity contribution in [2.45, 2.75) is 31.6 Å². The Bertz CT molecular complexity index is 1220. The van der Waals surface area contributed by atoms with Gasteiger partial charge in [0, 0.05) is 24.0 Å². The molecule has 0 saturated carbocycles. The molecule has 1 amide bonds. The zero-order valence-electron chi connectivity index (χ0n) is 19.2. The normalized spacial score (nSPS) is 16.2. The summed E-state index contributed by atoms with van der Waals surface area (Å²) >= 11 is 5.90. The average molecular weight is 497 g/mol. The SMILES string of the molecule is Cc1ccccc1[C@@H](NC(=O)C1CCN(S(=O)(=O)Cc2ccc(Cl)cc2)CC1)c1ccccc1. The second-order valence-electron chi connectivity index (χ2n) is 8.76. The van der Waals surface area contributed by atoms with Gasteiger partial charge in [0.15, 0.2) is 0 Å². The molecular formula is C27H29ClN2O3S. The fraction of sp³-hybridized carbons (Fsp3) is 0.296. The molecule has 1 N–H and O–H groups in total. The van der Waals surface area contributed by atoms with Gasteiger partial charge in [-0.2, -0.15) is 0 Å². The topological polar surface area (TPSA) is 66.5 Å². The second-order valence-corrected chi connectivity index (χ2v) is 11.2. The Labute approximate surface area is 206 Å². The van der Waals surface area contributed by atoms with E-state index in [1.807, 2.05) is 61.5 Å². The maximum atomic E-state index is 13.3. The van der Waals surface area contributed by atoms with Gasteiger partial charge in [-0.25, -0.2) is 12.7 Å². The molecule has 1 atom stereocenters. The predicted octanol–water partition coefficient (Wildman–Crippen LogP) is 5.10. The number of nitrogens with zero attached hydrogens (tertiary/aromatic N) is 1. The van der Waals surface area contributed by atoms with E-state index in [0.717, 1.165) is 16.7 Å². The number of benzene rings is 3. The number of piperidine rings is 1. The zero-order valence-corrected chi connectivity index (χ0v) is 20.7. The molecule has 1 heterocycles. The van der Waals surface area contributed by atoms with Gasteiger partial charge >= 0.3 is 0 Å². The molecule has 1 aliphatic heterocycles. The summed E-state index contributed by atoms with van der Waals surface area (Å²) in [5.74, 6) is -0.325. The quantitative estimate of drug-likeness (QED) is 0.495. The molecule has 34 heavy (non-hydrogen) atoms. The fourth-order valence-corrected chi connectivity index (χ4v) is 6.13. The summed E-state index contributed by atoms with van der Waals surface area (Å²) in [6.07, 6.45) is 1.00. The van der Waals surface area contributed by atoms with Crippen LogP contribution in [0.2, 0.25) is 5.02 Å². The third kappa shape index (κ3) is 5.87. The summed E-state index contributed by atoms with van der Waals surface area (Å²) in [4.78, 5) is 13.3. The lowest BCUT2D eigenvalue weighted by Gasteiger charge is -2.32. The minimum Gasteiger partial charge on any atom is -0.345 e. The van der Waals surface area contributed by atoms with Crippen molar-refractivity contribution in [3.8, 4) is 0 Å². The van der Waals surface area contributed by atoms with Crippen molar-refractivity contribution in [1.29, 1.82) is 0 Å². The van der Waals surface area contributed by atoms with Crippen LogP contribution in [0.25, 0.3) is 0 Å². The lowest BCUT2D eigenvalue weighted by atomic mass is 9.92. The summed E-state index contributed by atoms with van der Waals surface area (Å²) in [5, 5.41) is 3.82. The Balaban J connectivity index is 1.42. The predicted molar refractivity (Wildman–Crippen MR) is 136 cm³/mol. The monoisotopic (exact) mass is 496 g/mol. The maximum Gasteiger partial charge on any atom is 0.223 e. The van der Waals surface area contributed by atoms with Crippen LogP contribution in [0.5, 0.6) is 0 Å². The molecule has 1 fully saturated rings. The lowest BCUT2D eigenvalue weighted by Crippen LogP contribution is -2.44. The molecule has 3 aromatic rings. The Morgan fingerprint density at radius 2 is 1.59 bits per heavy atom. The minimum absolute atomic E-state index is 0.0353. The van der Waals surface area contributed by atoms with Crippen molar-refractivity contribution in [3.63, 3.8) is 0 Å². The van der Waals surface area contributed by atoms with Crippen LogP contribution in [-0.4, -0.2) is 31.7 Å². The first kappa shape index (κ1) is 24.5. The third-order valence-electron chi connectivity index (χ3n) is 6.40. The van der Waals surface area contributed by atoms with Gasteiger partial charge in [0.05, 0.1) is 11.8 Å². The highest BCUT2D eigenvalue weighted by atomic mass is 35.5. The molecule has 0 aliphatic carbocycles. The number of amides is 1. The van der Waals surface area contributed by atoms with Crippen LogP contribution in [0.15, 0.2) is 78.9 Å². The number of sulfonamides is 1. The number of carbonyl (C=O) groups is 1. The van der Waals surface area contributed by atoms with E-state index in [4.69, 9.17) is 11.6 Å². The van der Waals surface area contributed by atoms with Crippen molar-refractivity contribution in [3.05, 3.63) is 106 Å². The van der Waals surface area contributed by atoms with Gasteiger partial charge in [-0.05, 0) is 54.2 Å². The van der Waals surface area contributed by atoms with E-state index in [1.54, 1.807) is 24.3 Å². The average Bonchev–Trinajstić information content (AvgIpc) is 2.85. The van der Waals surface area contributed by atoms with Crippen LogP contribution in [0.3, 0.4) is 0 Å². The molecule has 0 aromatic heterocycles. The first-order chi connectivity index (χ1) is 16.3. The summed E-state index contributed by atoms with van der Waals surface area (Å²) in [6.45, 7) is 2.73. The van der Waals surface area contributed by atoms with Crippen molar-refractivity contribution < 1.29 is 13.2 Å². The molecule has 0 unspecified atom stereocenters. The number of hydrogen-bond acceptors (Lipinski definition) is 3. The molecule has 3 aromatic carbocycles. The van der Waals surface area contributed by atoms with Crippen molar-refractivity contribution in [1.82, 2.24) is 9.62 Å². The van der Waals surface area contributed by atoms with Gasteiger partial charge in [-0.15, -0.1) is 0 Å². The summed E-state index contributed by atoms with van der Waals surface area (Å²) in [6, 6.07) is 24.6. The highest BCUT2D eigenvalue weighted by Crippen LogP contribution is 2.27. The molecule has 0 bridgehead atoms. The van der Waals surface area contributed by atoms with Gasteiger partial charge in [0.2, 0.25) is 15.9 Å². The van der Waals surface area contributed by atoms with Crippen LogP contribution in [0.1, 0.15) is 41.1 Å². The number of aryl methyl sites for hydroxylation is 1. The van der Waals surface area contributed by atoms with Gasteiger partial charge in [0.25, 0.3) is 0 Å². The Hall–Kier alpha value is -2.67. The molecule has 1 aliphatic rings. The molecular weight excluding hydrogens is 468 g/mol. The van der Waals surface area contributed by atoms with Crippen molar-refractivity contribution in [2.75, 3.05) is 13.1 Å². The fourth-order valence-electron chi connectivity index (χ4n) is 4.44. The molecule has 7 heteroatoms. The number of carbonyl (C=O) groups excluding carboxylic acids is 1. The van der Waals surface area contributed by atoms with E-state index in [0.29, 0.717) is 36.5 Å². The van der Waals surface area contributed by atoms with Crippen LogP contribution in [0.4, 0.5) is 0 Å². The minimum atomic E-state index is -3.45. The summed E-state index contributed by atoms with van der Waals surface area (Å²) < 4.78 is 27.3. The molecule has 0 spiro atoms. The van der Waals surface area contributed by atoms with E-state index < -0.39 is 10.0 Å². The number of nitrogens with one attached hydrogen (secondary N) is 1. The van der Waals surface area contributed by atoms with E-state index in [-0.39, 0.29) is 23.6 Å². The van der Waals surface area contributed by atoms with E-state index in [1.165, 1.54) is 4.31 Å². The molecule has 1 saturated heterocycles. The van der Waals surface area contributed by atoms with Gasteiger partial charge in [-0.3, -0.25) is 4.79 Å². The van der Waals surface area contributed by atoms with Crippen LogP contribution < -0.4 is 5.32 Å². The van der Waals surface area contributed by atoms with E-state index >= 15 is 0 Å². The number of rotatable bonds is 7. The maximum absolute atomic E-state index is 13.3. The van der Waals surface area contributed by atoms with E-state index in [9.17, 15) is 13.2 Å².